The molecule has 0 heterocycles. The summed E-state index contributed by atoms with van der Waals surface area (Å²) in [6, 6.07) is 21.6. The van der Waals surface area contributed by atoms with Gasteiger partial charge >= 0.3 is 5.97 Å². The average molecular weight is 463 g/mol. The van der Waals surface area contributed by atoms with Gasteiger partial charge in [0, 0.05) is 12.8 Å². The predicted molar refractivity (Wildman–Crippen MR) is 134 cm³/mol. The molecule has 0 aliphatic carbocycles. The number of ether oxygens (including phenoxy) is 3. The van der Waals surface area contributed by atoms with E-state index in [9.17, 15) is 4.79 Å². The molecule has 3 aromatic rings. The number of hydrogen-bond acceptors (Lipinski definition) is 4. The Morgan fingerprint density at radius 1 is 0.912 bits per heavy atom. The molecule has 0 radical (unpaired) electrons. The van der Waals surface area contributed by atoms with E-state index in [0.717, 1.165) is 22.6 Å². The molecule has 0 aliphatic heterocycles. The Morgan fingerprint density at radius 2 is 1.68 bits per heavy atom. The number of para-hydroxylation sites is 1. The number of benzene rings is 3. The zero-order chi connectivity index (χ0) is 24.5. The second-order valence-corrected chi connectivity index (χ2v) is 8.82. The third-order valence-corrected chi connectivity index (χ3v) is 5.65. The second-order valence-electron chi connectivity index (χ2n) is 8.82. The van der Waals surface area contributed by atoms with Crippen LogP contribution in [0.1, 0.15) is 56.2 Å². The number of aryl methyl sites for hydroxylation is 2. The molecule has 5 nitrogen and oxygen atoms in total. The van der Waals surface area contributed by atoms with Gasteiger partial charge in [0.1, 0.15) is 11.5 Å². The average Bonchev–Trinajstić information content (AvgIpc) is 2.80. The Kier molecular flexibility index (Phi) is 8.97. The van der Waals surface area contributed by atoms with Crippen LogP contribution in [0.15, 0.2) is 66.7 Å². The van der Waals surface area contributed by atoms with Crippen molar-refractivity contribution >= 4 is 5.97 Å². The van der Waals surface area contributed by atoms with Crippen molar-refractivity contribution in [3.63, 3.8) is 0 Å². The van der Waals surface area contributed by atoms with Gasteiger partial charge < -0.3 is 19.3 Å². The van der Waals surface area contributed by atoms with E-state index in [1.165, 1.54) is 5.56 Å². The minimum atomic E-state index is -0.787. The lowest BCUT2D eigenvalue weighted by Gasteiger charge is -2.19. The standard InChI is InChI=1S/C29H34O5/c1-20(2)24-11-14-27(28(19-24)34-25-8-6-5-7-9-25)33-22(4)16-17-32-26-13-10-23(21(3)18-26)12-15-29(30)31/h5-11,13-14,18-20,22H,12,15-17H2,1-4H3,(H,30,31). The molecule has 0 amide bonds. The fourth-order valence-corrected chi connectivity index (χ4v) is 3.58. The monoisotopic (exact) mass is 462 g/mol. The Labute approximate surface area is 202 Å². The molecule has 0 aliphatic rings. The summed E-state index contributed by atoms with van der Waals surface area (Å²) in [7, 11) is 0. The fourth-order valence-electron chi connectivity index (χ4n) is 3.58. The van der Waals surface area contributed by atoms with Gasteiger partial charge in [-0.05, 0) is 79.3 Å². The van der Waals surface area contributed by atoms with Crippen LogP contribution in [0.3, 0.4) is 0 Å². The molecule has 0 saturated heterocycles. The van der Waals surface area contributed by atoms with Crippen LogP contribution in [0, 0.1) is 6.92 Å². The van der Waals surface area contributed by atoms with Gasteiger partial charge in [0.05, 0.1) is 12.7 Å². The molecule has 180 valence electrons. The molecule has 0 aromatic heterocycles. The summed E-state index contributed by atoms with van der Waals surface area (Å²) in [4.78, 5) is 10.8. The quantitative estimate of drug-likeness (QED) is 0.309. The first kappa shape index (κ1) is 25.2. The third kappa shape index (κ3) is 7.55. The van der Waals surface area contributed by atoms with Gasteiger partial charge in [0.25, 0.3) is 0 Å². The molecule has 0 spiro atoms. The van der Waals surface area contributed by atoms with Crippen LogP contribution in [-0.2, 0) is 11.2 Å². The second kappa shape index (κ2) is 12.1. The number of hydrogen-bond donors (Lipinski definition) is 1. The Hall–Kier alpha value is -3.47. The fraction of sp³-hybridized carbons (Fsp3) is 0.345. The topological polar surface area (TPSA) is 65.0 Å². The maximum Gasteiger partial charge on any atom is 0.303 e. The molecule has 1 atom stereocenters. The first-order chi connectivity index (χ1) is 16.3. The van der Waals surface area contributed by atoms with Crippen molar-refractivity contribution in [1.82, 2.24) is 0 Å². The molecule has 0 saturated carbocycles. The minimum Gasteiger partial charge on any atom is -0.493 e. The van der Waals surface area contributed by atoms with Crippen molar-refractivity contribution < 1.29 is 24.1 Å². The van der Waals surface area contributed by atoms with Crippen LogP contribution >= 0.6 is 0 Å². The van der Waals surface area contributed by atoms with Crippen molar-refractivity contribution in [2.24, 2.45) is 0 Å². The normalized spacial score (nSPS) is 11.8. The molecule has 0 fully saturated rings. The summed E-state index contributed by atoms with van der Waals surface area (Å²) in [5, 5.41) is 8.88. The van der Waals surface area contributed by atoms with E-state index in [2.05, 4.69) is 19.9 Å². The van der Waals surface area contributed by atoms with Gasteiger partial charge in [-0.15, -0.1) is 0 Å². The van der Waals surface area contributed by atoms with Gasteiger partial charge in [0.15, 0.2) is 11.5 Å². The van der Waals surface area contributed by atoms with Crippen molar-refractivity contribution in [1.29, 1.82) is 0 Å². The molecule has 1 N–H and O–H groups in total. The highest BCUT2D eigenvalue weighted by Crippen LogP contribution is 2.35. The summed E-state index contributed by atoms with van der Waals surface area (Å²) >= 11 is 0. The van der Waals surface area contributed by atoms with Crippen molar-refractivity contribution in [2.75, 3.05) is 6.61 Å². The van der Waals surface area contributed by atoms with E-state index >= 15 is 0 Å². The molecule has 3 aromatic carbocycles. The van der Waals surface area contributed by atoms with Crippen LogP contribution in [0.5, 0.6) is 23.0 Å². The molecule has 1 unspecified atom stereocenters. The Bertz CT molecular complexity index is 1080. The number of aliphatic carboxylic acids is 1. The van der Waals surface area contributed by atoms with Gasteiger partial charge in [-0.25, -0.2) is 0 Å². The van der Waals surface area contributed by atoms with E-state index in [1.807, 2.05) is 74.5 Å². The summed E-state index contributed by atoms with van der Waals surface area (Å²) < 4.78 is 18.3. The molecule has 5 heteroatoms. The highest BCUT2D eigenvalue weighted by atomic mass is 16.5. The van der Waals surface area contributed by atoms with Crippen LogP contribution in [0.4, 0.5) is 0 Å². The van der Waals surface area contributed by atoms with Gasteiger partial charge in [0.2, 0.25) is 0 Å². The summed E-state index contributed by atoms with van der Waals surface area (Å²) in [6.45, 7) is 8.82. The Balaban J connectivity index is 1.58. The molecule has 34 heavy (non-hydrogen) atoms. The first-order valence-electron chi connectivity index (χ1n) is 11.8. The lowest BCUT2D eigenvalue weighted by Crippen LogP contribution is -2.16. The van der Waals surface area contributed by atoms with Crippen LogP contribution in [-0.4, -0.2) is 23.8 Å². The maximum atomic E-state index is 10.8. The maximum absolute atomic E-state index is 10.8. The van der Waals surface area contributed by atoms with E-state index in [0.29, 0.717) is 36.9 Å². The zero-order valence-electron chi connectivity index (χ0n) is 20.4. The van der Waals surface area contributed by atoms with Crippen molar-refractivity contribution in [3.8, 4) is 23.0 Å². The van der Waals surface area contributed by atoms with Crippen LogP contribution in [0.2, 0.25) is 0 Å². The van der Waals surface area contributed by atoms with E-state index < -0.39 is 5.97 Å². The first-order valence-corrected chi connectivity index (χ1v) is 11.8. The minimum absolute atomic E-state index is 0.0704. The highest BCUT2D eigenvalue weighted by Gasteiger charge is 2.14. The summed E-state index contributed by atoms with van der Waals surface area (Å²) in [6.07, 6.45) is 1.29. The number of carbonyl (C=O) groups is 1. The smallest absolute Gasteiger partial charge is 0.303 e. The molecular formula is C29H34O5. The Morgan fingerprint density at radius 3 is 2.35 bits per heavy atom. The lowest BCUT2D eigenvalue weighted by atomic mass is 10.0. The number of rotatable bonds is 12. The number of carboxylic acids is 1. The van der Waals surface area contributed by atoms with Gasteiger partial charge in [-0.3, -0.25) is 4.79 Å². The van der Waals surface area contributed by atoms with E-state index in [-0.39, 0.29) is 12.5 Å². The summed E-state index contributed by atoms with van der Waals surface area (Å²) in [5.41, 5.74) is 3.26. The van der Waals surface area contributed by atoms with E-state index in [4.69, 9.17) is 19.3 Å². The van der Waals surface area contributed by atoms with Crippen LogP contribution < -0.4 is 14.2 Å². The van der Waals surface area contributed by atoms with Crippen molar-refractivity contribution in [2.45, 2.75) is 59.0 Å². The molecular weight excluding hydrogens is 428 g/mol. The number of carboxylic acid groups (broad SMARTS) is 1. The predicted octanol–water partition coefficient (Wildman–Crippen LogP) is 7.16. The van der Waals surface area contributed by atoms with Crippen molar-refractivity contribution in [3.05, 3.63) is 83.4 Å². The van der Waals surface area contributed by atoms with E-state index in [1.54, 1.807) is 0 Å². The van der Waals surface area contributed by atoms with Gasteiger partial charge in [-0.1, -0.05) is 44.2 Å². The molecule has 3 rings (SSSR count). The largest absolute Gasteiger partial charge is 0.493 e. The van der Waals surface area contributed by atoms with Crippen LogP contribution in [0.25, 0.3) is 0 Å². The highest BCUT2D eigenvalue weighted by molar-refractivity contribution is 5.67. The SMILES string of the molecule is Cc1cc(OCCC(C)Oc2ccc(C(C)C)cc2Oc2ccccc2)ccc1CCC(=O)O. The lowest BCUT2D eigenvalue weighted by molar-refractivity contribution is -0.136. The summed E-state index contributed by atoms with van der Waals surface area (Å²) in [5.74, 6) is 2.56. The third-order valence-electron chi connectivity index (χ3n) is 5.65. The zero-order valence-corrected chi connectivity index (χ0v) is 20.4. The van der Waals surface area contributed by atoms with Gasteiger partial charge in [-0.2, -0.15) is 0 Å². The molecule has 0 bridgehead atoms.